The molecule has 5 nitrogen and oxygen atoms in total. The minimum Gasteiger partial charge on any atom is -0.466 e. The predicted molar refractivity (Wildman–Crippen MR) is 86.1 cm³/mol. The van der Waals surface area contributed by atoms with Gasteiger partial charge in [-0.3, -0.25) is 14.3 Å². The molecule has 6 heteroatoms. The number of hydrogen-bond donors (Lipinski definition) is 0. The maximum atomic E-state index is 11.9. The Labute approximate surface area is 134 Å². The van der Waals surface area contributed by atoms with Crippen LogP contribution in [-0.4, -0.2) is 40.1 Å². The molecule has 118 valence electrons. The average Bonchev–Trinajstić information content (AvgIpc) is 3.18. The van der Waals surface area contributed by atoms with Crippen LogP contribution in [0.3, 0.4) is 0 Å². The lowest BCUT2D eigenvalue weighted by Crippen LogP contribution is -2.39. The molecule has 0 radical (unpaired) electrons. The molecule has 0 aromatic carbocycles. The number of piperidine rings is 1. The molecule has 0 bridgehead atoms. The Morgan fingerprint density at radius 3 is 3.23 bits per heavy atom. The van der Waals surface area contributed by atoms with Gasteiger partial charge < -0.3 is 4.74 Å². The SMILES string of the molecule is CCOC(=O)C1CCCN(Cc2cccn2-c2nccs2)C1. The number of aromatic nitrogens is 2. The monoisotopic (exact) mass is 319 g/mol. The molecule has 0 spiro atoms. The van der Waals surface area contributed by atoms with Crippen molar-refractivity contribution in [1.82, 2.24) is 14.5 Å². The molecule has 1 atom stereocenters. The molecule has 1 aliphatic heterocycles. The van der Waals surface area contributed by atoms with Gasteiger partial charge in [0.1, 0.15) is 0 Å². The fourth-order valence-corrected chi connectivity index (χ4v) is 3.60. The van der Waals surface area contributed by atoms with Crippen LogP contribution in [0, 0.1) is 5.92 Å². The second-order valence-electron chi connectivity index (χ2n) is 5.51. The maximum Gasteiger partial charge on any atom is 0.310 e. The minimum atomic E-state index is -0.0532. The van der Waals surface area contributed by atoms with E-state index in [1.807, 2.05) is 30.8 Å². The van der Waals surface area contributed by atoms with Gasteiger partial charge in [-0.1, -0.05) is 0 Å². The van der Waals surface area contributed by atoms with E-state index in [0.717, 1.165) is 37.6 Å². The van der Waals surface area contributed by atoms with E-state index in [1.54, 1.807) is 11.3 Å². The Hall–Kier alpha value is -1.66. The third-order valence-corrected chi connectivity index (χ3v) is 4.74. The lowest BCUT2D eigenvalue weighted by Gasteiger charge is -2.31. The van der Waals surface area contributed by atoms with Crippen LogP contribution in [0.2, 0.25) is 0 Å². The number of carbonyl (C=O) groups excluding carboxylic acids is 1. The van der Waals surface area contributed by atoms with Crippen molar-refractivity contribution in [3.05, 3.63) is 35.6 Å². The van der Waals surface area contributed by atoms with Gasteiger partial charge in [-0.2, -0.15) is 0 Å². The number of esters is 1. The van der Waals surface area contributed by atoms with Crippen LogP contribution in [0.4, 0.5) is 0 Å². The van der Waals surface area contributed by atoms with E-state index in [2.05, 4.69) is 20.5 Å². The second kappa shape index (κ2) is 7.07. The van der Waals surface area contributed by atoms with Crippen LogP contribution in [0.1, 0.15) is 25.5 Å². The molecule has 3 heterocycles. The van der Waals surface area contributed by atoms with E-state index >= 15 is 0 Å². The number of nitrogens with zero attached hydrogens (tertiary/aromatic N) is 3. The summed E-state index contributed by atoms with van der Waals surface area (Å²) in [6, 6.07) is 4.17. The molecule has 0 N–H and O–H groups in total. The summed E-state index contributed by atoms with van der Waals surface area (Å²) in [5, 5.41) is 2.97. The van der Waals surface area contributed by atoms with Crippen LogP contribution >= 0.6 is 11.3 Å². The first-order valence-corrected chi connectivity index (χ1v) is 8.61. The maximum absolute atomic E-state index is 11.9. The van der Waals surface area contributed by atoms with Crippen molar-refractivity contribution in [2.24, 2.45) is 5.92 Å². The summed E-state index contributed by atoms with van der Waals surface area (Å²) >= 11 is 1.63. The van der Waals surface area contributed by atoms with Crippen LogP contribution < -0.4 is 0 Å². The summed E-state index contributed by atoms with van der Waals surface area (Å²) in [5.41, 5.74) is 1.21. The molecule has 1 fully saturated rings. The molecular weight excluding hydrogens is 298 g/mol. The number of likely N-dealkylation sites (tertiary alicyclic amines) is 1. The first-order chi connectivity index (χ1) is 10.8. The van der Waals surface area contributed by atoms with E-state index in [9.17, 15) is 4.79 Å². The molecular formula is C16H21N3O2S. The highest BCUT2D eigenvalue weighted by molar-refractivity contribution is 7.12. The molecule has 3 rings (SSSR count). The molecule has 1 unspecified atom stereocenters. The predicted octanol–water partition coefficient (Wildman–Crippen LogP) is 2.71. The third kappa shape index (κ3) is 3.39. The normalized spacial score (nSPS) is 19.2. The van der Waals surface area contributed by atoms with E-state index in [4.69, 9.17) is 4.74 Å². The summed E-state index contributed by atoms with van der Waals surface area (Å²) < 4.78 is 7.29. The smallest absolute Gasteiger partial charge is 0.310 e. The Morgan fingerprint density at radius 2 is 2.45 bits per heavy atom. The number of thiazole rings is 1. The lowest BCUT2D eigenvalue weighted by molar-refractivity contribution is -0.150. The molecule has 22 heavy (non-hydrogen) atoms. The zero-order valence-electron chi connectivity index (χ0n) is 12.8. The minimum absolute atomic E-state index is 0.0111. The highest BCUT2D eigenvalue weighted by Crippen LogP contribution is 2.22. The lowest BCUT2D eigenvalue weighted by atomic mass is 9.98. The molecule has 0 amide bonds. The summed E-state index contributed by atoms with van der Waals surface area (Å²) in [6.07, 6.45) is 5.84. The molecule has 2 aromatic heterocycles. The average molecular weight is 319 g/mol. The van der Waals surface area contributed by atoms with Crippen LogP contribution in [-0.2, 0) is 16.1 Å². The van der Waals surface area contributed by atoms with Crippen molar-refractivity contribution < 1.29 is 9.53 Å². The standard InChI is InChI=1S/C16H21N3O2S/c1-2-21-15(20)13-5-3-8-18(11-13)12-14-6-4-9-19(14)16-17-7-10-22-16/h4,6-7,9-10,13H,2-3,5,8,11-12H2,1H3. The van der Waals surface area contributed by atoms with E-state index < -0.39 is 0 Å². The quantitative estimate of drug-likeness (QED) is 0.795. The van der Waals surface area contributed by atoms with Gasteiger partial charge >= 0.3 is 5.97 Å². The molecule has 0 saturated carbocycles. The first-order valence-electron chi connectivity index (χ1n) is 7.73. The van der Waals surface area contributed by atoms with Gasteiger partial charge in [-0.15, -0.1) is 11.3 Å². The topological polar surface area (TPSA) is 47.4 Å². The first kappa shape index (κ1) is 15.2. The number of rotatable bonds is 5. The Balaban J connectivity index is 1.66. The second-order valence-corrected chi connectivity index (χ2v) is 6.38. The van der Waals surface area contributed by atoms with E-state index in [-0.39, 0.29) is 11.9 Å². The van der Waals surface area contributed by atoms with Crippen LogP contribution in [0.5, 0.6) is 0 Å². The van der Waals surface area contributed by atoms with Gasteiger partial charge in [0, 0.05) is 36.6 Å². The fourth-order valence-electron chi connectivity index (χ4n) is 2.95. The van der Waals surface area contributed by atoms with Crippen LogP contribution in [0.15, 0.2) is 29.9 Å². The van der Waals surface area contributed by atoms with Gasteiger partial charge in [-0.05, 0) is 38.4 Å². The highest BCUT2D eigenvalue weighted by atomic mass is 32.1. The van der Waals surface area contributed by atoms with Crippen LogP contribution in [0.25, 0.3) is 5.13 Å². The van der Waals surface area contributed by atoms with Gasteiger partial charge in [-0.25, -0.2) is 4.98 Å². The Morgan fingerprint density at radius 1 is 1.55 bits per heavy atom. The third-order valence-electron chi connectivity index (χ3n) is 3.97. The molecule has 1 saturated heterocycles. The van der Waals surface area contributed by atoms with Crippen molar-refractivity contribution in [3.63, 3.8) is 0 Å². The summed E-state index contributed by atoms with van der Waals surface area (Å²) in [6.45, 7) is 4.96. The number of hydrogen-bond acceptors (Lipinski definition) is 5. The van der Waals surface area contributed by atoms with Crippen molar-refractivity contribution in [3.8, 4) is 5.13 Å². The Bertz CT molecular complexity index is 609. The molecule has 2 aromatic rings. The van der Waals surface area contributed by atoms with Crippen molar-refractivity contribution in [2.45, 2.75) is 26.3 Å². The van der Waals surface area contributed by atoms with Gasteiger partial charge in [0.15, 0.2) is 5.13 Å². The van der Waals surface area contributed by atoms with Crippen molar-refractivity contribution in [1.29, 1.82) is 0 Å². The fraction of sp³-hybridized carbons (Fsp3) is 0.500. The van der Waals surface area contributed by atoms with Crippen molar-refractivity contribution in [2.75, 3.05) is 19.7 Å². The summed E-state index contributed by atoms with van der Waals surface area (Å²) in [5.74, 6) is -0.0421. The van der Waals surface area contributed by atoms with Crippen molar-refractivity contribution >= 4 is 17.3 Å². The zero-order valence-corrected chi connectivity index (χ0v) is 13.6. The number of carbonyl (C=O) groups is 1. The van der Waals surface area contributed by atoms with Gasteiger partial charge in [0.25, 0.3) is 0 Å². The number of ether oxygens (including phenoxy) is 1. The highest BCUT2D eigenvalue weighted by Gasteiger charge is 2.27. The van der Waals surface area contributed by atoms with Gasteiger partial charge in [0.2, 0.25) is 0 Å². The summed E-state index contributed by atoms with van der Waals surface area (Å²) in [7, 11) is 0. The molecule has 0 aliphatic carbocycles. The molecule has 1 aliphatic rings. The Kier molecular flexibility index (Phi) is 4.90. The largest absolute Gasteiger partial charge is 0.466 e. The summed E-state index contributed by atoms with van der Waals surface area (Å²) in [4.78, 5) is 18.6. The van der Waals surface area contributed by atoms with Gasteiger partial charge in [0.05, 0.1) is 12.5 Å². The zero-order chi connectivity index (χ0) is 15.4. The van der Waals surface area contributed by atoms with E-state index in [1.165, 1.54) is 5.69 Å². The van der Waals surface area contributed by atoms with E-state index in [0.29, 0.717) is 6.61 Å².